The minimum Gasteiger partial charge on any atom is -0.383 e. The lowest BCUT2D eigenvalue weighted by Gasteiger charge is -2.42. The van der Waals surface area contributed by atoms with Gasteiger partial charge in [0, 0.05) is 37.8 Å². The number of Topliss-reactive ketones (excluding diaryl/α,β-unsaturated/α-hetero) is 1. The van der Waals surface area contributed by atoms with Crippen molar-refractivity contribution in [1.29, 1.82) is 0 Å². The molecule has 2 aromatic rings. The molecule has 0 radical (unpaired) electrons. The Hall–Kier alpha value is -1.66. The standard InChI is InChI=1S/C24H33NO3S/c1-5-24(19-20-9-7-6-8-10-20,25(15-17-27-2)16-18-28-3)23(26)21-11-13-22(29-4)14-12-21/h6-14H,5,15-19H2,1-4H3. The fourth-order valence-electron chi connectivity index (χ4n) is 3.73. The predicted molar refractivity (Wildman–Crippen MR) is 121 cm³/mol. The molecule has 0 aliphatic rings. The number of benzene rings is 2. The summed E-state index contributed by atoms with van der Waals surface area (Å²) in [6.45, 7) is 4.59. The van der Waals surface area contributed by atoms with Crippen molar-refractivity contribution in [3.8, 4) is 0 Å². The Labute approximate surface area is 179 Å². The van der Waals surface area contributed by atoms with Crippen LogP contribution in [0.1, 0.15) is 29.3 Å². The van der Waals surface area contributed by atoms with Crippen LogP contribution in [0.25, 0.3) is 0 Å². The molecule has 0 aliphatic carbocycles. The average Bonchev–Trinajstić information content (AvgIpc) is 2.78. The van der Waals surface area contributed by atoms with Crippen LogP contribution in [0.2, 0.25) is 0 Å². The number of hydrogen-bond donors (Lipinski definition) is 0. The summed E-state index contributed by atoms with van der Waals surface area (Å²) < 4.78 is 10.7. The number of methoxy groups -OCH3 is 2. The molecule has 1 unspecified atom stereocenters. The van der Waals surface area contributed by atoms with E-state index >= 15 is 0 Å². The lowest BCUT2D eigenvalue weighted by Crippen LogP contribution is -2.57. The van der Waals surface area contributed by atoms with Crippen molar-refractivity contribution in [2.24, 2.45) is 0 Å². The molecule has 5 heteroatoms. The monoisotopic (exact) mass is 415 g/mol. The van der Waals surface area contributed by atoms with Crippen LogP contribution in [-0.2, 0) is 15.9 Å². The highest BCUT2D eigenvalue weighted by Crippen LogP contribution is 2.30. The summed E-state index contributed by atoms with van der Waals surface area (Å²) in [5, 5.41) is 0. The van der Waals surface area contributed by atoms with Gasteiger partial charge in [0.1, 0.15) is 0 Å². The number of hydrogen-bond acceptors (Lipinski definition) is 5. The van der Waals surface area contributed by atoms with E-state index in [9.17, 15) is 4.79 Å². The SMILES string of the molecule is CCC(Cc1ccccc1)(C(=O)c1ccc(SC)cc1)N(CCOC)CCOC. The lowest BCUT2D eigenvalue weighted by atomic mass is 9.79. The molecule has 158 valence electrons. The first-order chi connectivity index (χ1) is 14.1. The van der Waals surface area contributed by atoms with Gasteiger partial charge in [-0.05, 0) is 36.8 Å². The first-order valence-electron chi connectivity index (χ1n) is 10.1. The molecule has 0 amide bonds. The molecule has 0 saturated heterocycles. The van der Waals surface area contributed by atoms with Crippen LogP contribution in [0.4, 0.5) is 0 Å². The molecule has 0 N–H and O–H groups in total. The second-order valence-corrected chi connectivity index (χ2v) is 7.96. The molecule has 0 bridgehead atoms. The van der Waals surface area contributed by atoms with Gasteiger partial charge in [-0.3, -0.25) is 9.69 Å². The summed E-state index contributed by atoms with van der Waals surface area (Å²) in [7, 11) is 3.39. The molecular formula is C24H33NO3S. The maximum absolute atomic E-state index is 13.9. The molecule has 2 aromatic carbocycles. The zero-order chi connectivity index (χ0) is 21.1. The van der Waals surface area contributed by atoms with Gasteiger partial charge in [-0.1, -0.05) is 49.4 Å². The molecule has 0 aromatic heterocycles. The van der Waals surface area contributed by atoms with E-state index in [1.54, 1.807) is 26.0 Å². The molecule has 0 heterocycles. The molecule has 29 heavy (non-hydrogen) atoms. The minimum atomic E-state index is -0.653. The highest BCUT2D eigenvalue weighted by atomic mass is 32.2. The van der Waals surface area contributed by atoms with Gasteiger partial charge in [-0.2, -0.15) is 0 Å². The van der Waals surface area contributed by atoms with Crippen LogP contribution in [0.15, 0.2) is 59.5 Å². The van der Waals surface area contributed by atoms with E-state index in [-0.39, 0.29) is 5.78 Å². The highest BCUT2D eigenvalue weighted by Gasteiger charge is 2.42. The van der Waals surface area contributed by atoms with E-state index in [0.717, 1.165) is 16.0 Å². The number of ketones is 1. The number of carbonyl (C=O) groups is 1. The fraction of sp³-hybridized carbons (Fsp3) is 0.458. The Kier molecular flexibility index (Phi) is 9.88. The molecule has 2 rings (SSSR count). The normalized spacial score (nSPS) is 13.4. The zero-order valence-electron chi connectivity index (χ0n) is 18.0. The maximum atomic E-state index is 13.9. The van der Waals surface area contributed by atoms with Gasteiger partial charge in [-0.25, -0.2) is 0 Å². The Morgan fingerprint density at radius 3 is 2.03 bits per heavy atom. The van der Waals surface area contributed by atoms with Crippen molar-refractivity contribution < 1.29 is 14.3 Å². The van der Waals surface area contributed by atoms with E-state index in [2.05, 4.69) is 24.0 Å². The molecular weight excluding hydrogens is 382 g/mol. The van der Waals surface area contributed by atoms with Crippen LogP contribution in [-0.4, -0.2) is 63.0 Å². The molecule has 0 saturated carbocycles. The topological polar surface area (TPSA) is 38.8 Å². The van der Waals surface area contributed by atoms with Crippen LogP contribution in [0.3, 0.4) is 0 Å². The van der Waals surface area contributed by atoms with Gasteiger partial charge in [0.05, 0.1) is 18.8 Å². The van der Waals surface area contributed by atoms with Gasteiger partial charge in [0.25, 0.3) is 0 Å². The van der Waals surface area contributed by atoms with Gasteiger partial charge in [0.15, 0.2) is 5.78 Å². The molecule has 4 nitrogen and oxygen atoms in total. The van der Waals surface area contributed by atoms with Crippen LogP contribution < -0.4 is 0 Å². The summed E-state index contributed by atoms with van der Waals surface area (Å²) in [6.07, 6.45) is 3.40. The molecule has 0 spiro atoms. The fourth-order valence-corrected chi connectivity index (χ4v) is 4.14. The van der Waals surface area contributed by atoms with Gasteiger partial charge in [0.2, 0.25) is 0 Å². The minimum absolute atomic E-state index is 0.156. The van der Waals surface area contributed by atoms with Gasteiger partial charge >= 0.3 is 0 Å². The smallest absolute Gasteiger partial charge is 0.183 e. The lowest BCUT2D eigenvalue weighted by molar-refractivity contribution is 0.0274. The molecule has 0 fully saturated rings. The third kappa shape index (κ3) is 6.16. The summed E-state index contributed by atoms with van der Waals surface area (Å²) in [5.74, 6) is 0.156. The van der Waals surface area contributed by atoms with Crippen molar-refractivity contribution in [1.82, 2.24) is 4.90 Å². The van der Waals surface area contributed by atoms with E-state index < -0.39 is 5.54 Å². The second kappa shape index (κ2) is 12.1. The molecule has 0 aliphatic heterocycles. The largest absolute Gasteiger partial charge is 0.383 e. The maximum Gasteiger partial charge on any atom is 0.183 e. The third-order valence-corrected chi connectivity index (χ3v) is 6.18. The van der Waals surface area contributed by atoms with E-state index in [0.29, 0.717) is 39.1 Å². The Balaban J connectivity index is 2.48. The number of rotatable bonds is 13. The van der Waals surface area contributed by atoms with E-state index in [1.807, 2.05) is 48.7 Å². The third-order valence-electron chi connectivity index (χ3n) is 5.44. The van der Waals surface area contributed by atoms with Crippen molar-refractivity contribution >= 4 is 17.5 Å². The van der Waals surface area contributed by atoms with Crippen LogP contribution in [0.5, 0.6) is 0 Å². The number of carbonyl (C=O) groups excluding carboxylic acids is 1. The Morgan fingerprint density at radius 2 is 1.55 bits per heavy atom. The van der Waals surface area contributed by atoms with Crippen molar-refractivity contribution in [3.05, 3.63) is 65.7 Å². The average molecular weight is 416 g/mol. The van der Waals surface area contributed by atoms with Crippen molar-refractivity contribution in [2.75, 3.05) is 46.8 Å². The summed E-state index contributed by atoms with van der Waals surface area (Å²) >= 11 is 1.68. The number of ether oxygens (including phenoxy) is 2. The predicted octanol–water partition coefficient (Wildman–Crippen LogP) is 4.58. The molecule has 1 atom stereocenters. The van der Waals surface area contributed by atoms with Crippen LogP contribution in [0, 0.1) is 0 Å². The Morgan fingerprint density at radius 1 is 0.966 bits per heavy atom. The van der Waals surface area contributed by atoms with Crippen LogP contribution >= 0.6 is 11.8 Å². The zero-order valence-corrected chi connectivity index (χ0v) is 18.8. The first-order valence-corrected chi connectivity index (χ1v) is 11.3. The summed E-state index contributed by atoms with van der Waals surface area (Å²) in [4.78, 5) is 17.3. The van der Waals surface area contributed by atoms with Crippen molar-refractivity contribution in [3.63, 3.8) is 0 Å². The van der Waals surface area contributed by atoms with Crippen molar-refractivity contribution in [2.45, 2.75) is 30.2 Å². The van der Waals surface area contributed by atoms with E-state index in [1.165, 1.54) is 0 Å². The second-order valence-electron chi connectivity index (χ2n) is 7.08. The van der Waals surface area contributed by atoms with Gasteiger partial charge < -0.3 is 9.47 Å². The number of thioether (sulfide) groups is 1. The Bertz CT molecular complexity index is 728. The summed E-state index contributed by atoms with van der Waals surface area (Å²) in [6, 6.07) is 18.2. The summed E-state index contributed by atoms with van der Waals surface area (Å²) in [5.41, 5.74) is 1.25. The van der Waals surface area contributed by atoms with Gasteiger partial charge in [-0.15, -0.1) is 11.8 Å². The number of nitrogens with zero attached hydrogens (tertiary/aromatic N) is 1. The highest BCUT2D eigenvalue weighted by molar-refractivity contribution is 7.98. The quantitative estimate of drug-likeness (QED) is 0.354. The first kappa shape index (κ1) is 23.6. The van der Waals surface area contributed by atoms with E-state index in [4.69, 9.17) is 9.47 Å².